The molecule has 0 radical (unpaired) electrons. The maximum Gasteiger partial charge on any atom is 0.205 e. The molecular formula is C13H14O2. The summed E-state index contributed by atoms with van der Waals surface area (Å²) in [5, 5.41) is 0. The van der Waals surface area contributed by atoms with Crippen LogP contribution in [0.1, 0.15) is 32.1 Å². The maximum absolute atomic E-state index is 12.1. The Morgan fingerprint density at radius 3 is 1.93 bits per heavy atom. The van der Waals surface area contributed by atoms with Crippen LogP contribution in [0.4, 0.5) is 0 Å². The zero-order valence-corrected chi connectivity index (χ0v) is 8.66. The fourth-order valence-electron chi connectivity index (χ4n) is 3.57. The van der Waals surface area contributed by atoms with Crippen molar-refractivity contribution in [1.29, 1.82) is 0 Å². The predicted octanol–water partition coefficient (Wildman–Crippen LogP) is 2.20. The van der Waals surface area contributed by atoms with E-state index < -0.39 is 0 Å². The van der Waals surface area contributed by atoms with Crippen LogP contribution in [-0.4, -0.2) is 11.6 Å². The lowest BCUT2D eigenvalue weighted by Gasteiger charge is -2.46. The molecule has 0 spiro atoms. The average molecular weight is 202 g/mol. The van der Waals surface area contributed by atoms with Crippen LogP contribution in [0.25, 0.3) is 0 Å². The van der Waals surface area contributed by atoms with E-state index in [1.165, 1.54) is 0 Å². The van der Waals surface area contributed by atoms with Crippen LogP contribution >= 0.6 is 0 Å². The number of rotatable bonds is 0. The molecule has 0 aromatic heterocycles. The molecule has 0 heterocycles. The summed E-state index contributed by atoms with van der Waals surface area (Å²) in [6, 6.07) is 0. The third-order valence-electron chi connectivity index (χ3n) is 4.49. The van der Waals surface area contributed by atoms with Crippen LogP contribution in [0.3, 0.4) is 0 Å². The second kappa shape index (κ2) is 2.69. The lowest BCUT2D eigenvalue weighted by molar-refractivity contribution is -0.140. The fourth-order valence-corrected chi connectivity index (χ4v) is 3.57. The van der Waals surface area contributed by atoms with Gasteiger partial charge in [0.1, 0.15) is 0 Å². The third kappa shape index (κ3) is 0.901. The second-order valence-corrected chi connectivity index (χ2v) is 5.05. The number of Topliss-reactive ketones (excluding diaryl/α,β-unsaturated/α-hetero) is 2. The Hall–Kier alpha value is -1.18. The highest BCUT2D eigenvalue weighted by molar-refractivity contribution is 6.42. The number of hydrogen-bond acceptors (Lipinski definition) is 2. The van der Waals surface area contributed by atoms with Gasteiger partial charge in [0.15, 0.2) is 5.78 Å². The average Bonchev–Trinajstić information content (AvgIpc) is 2.49. The largest absolute Gasteiger partial charge is 0.291 e. The first kappa shape index (κ1) is 9.08. The summed E-state index contributed by atoms with van der Waals surface area (Å²) >= 11 is 0. The van der Waals surface area contributed by atoms with E-state index in [1.54, 1.807) is 0 Å². The Labute approximate surface area is 89.0 Å². The van der Waals surface area contributed by atoms with Crippen molar-refractivity contribution in [3.8, 4) is 0 Å². The molecular weight excluding hydrogens is 188 g/mol. The standard InChI is InChI=1S/C13H14O2/c14-10-9-12-5-1-3-7-13(12,11(10)15)8-4-2-6-12/h1-4H,5-9H2. The van der Waals surface area contributed by atoms with Crippen molar-refractivity contribution in [2.75, 3.05) is 0 Å². The first-order valence-electron chi connectivity index (χ1n) is 5.58. The molecule has 0 amide bonds. The van der Waals surface area contributed by atoms with Gasteiger partial charge >= 0.3 is 0 Å². The van der Waals surface area contributed by atoms with Gasteiger partial charge in [-0.1, -0.05) is 24.3 Å². The van der Waals surface area contributed by atoms with E-state index >= 15 is 0 Å². The van der Waals surface area contributed by atoms with Gasteiger partial charge in [-0.25, -0.2) is 0 Å². The lowest BCUT2D eigenvalue weighted by atomic mass is 9.55. The predicted molar refractivity (Wildman–Crippen MR) is 56.2 cm³/mol. The Bertz CT molecular complexity index is 383. The second-order valence-electron chi connectivity index (χ2n) is 5.05. The van der Waals surface area contributed by atoms with Crippen LogP contribution in [0.15, 0.2) is 24.3 Å². The van der Waals surface area contributed by atoms with E-state index in [0.29, 0.717) is 6.42 Å². The number of allylic oxidation sites excluding steroid dienone is 4. The van der Waals surface area contributed by atoms with E-state index in [1.807, 2.05) is 0 Å². The van der Waals surface area contributed by atoms with E-state index in [2.05, 4.69) is 24.3 Å². The molecule has 2 heteroatoms. The van der Waals surface area contributed by atoms with Crippen LogP contribution in [0.5, 0.6) is 0 Å². The summed E-state index contributed by atoms with van der Waals surface area (Å²) in [7, 11) is 0. The summed E-state index contributed by atoms with van der Waals surface area (Å²) in [5.74, 6) is -0.237. The van der Waals surface area contributed by atoms with Gasteiger partial charge in [-0.2, -0.15) is 0 Å². The molecule has 0 aromatic carbocycles. The fraction of sp³-hybridized carbons (Fsp3) is 0.538. The SMILES string of the molecule is O=C1CC23CC=CCC2(CC=CC3)C1=O. The molecule has 1 saturated carbocycles. The highest BCUT2D eigenvalue weighted by Gasteiger charge is 2.63. The summed E-state index contributed by atoms with van der Waals surface area (Å²) < 4.78 is 0. The molecule has 0 aliphatic heterocycles. The molecule has 0 atom stereocenters. The molecule has 0 aromatic rings. The van der Waals surface area contributed by atoms with Crippen molar-refractivity contribution in [3.05, 3.63) is 24.3 Å². The zero-order chi connectivity index (χ0) is 10.5. The minimum Gasteiger partial charge on any atom is -0.291 e. The van der Waals surface area contributed by atoms with Gasteiger partial charge in [-0.3, -0.25) is 9.59 Å². The molecule has 0 N–H and O–H groups in total. The summed E-state index contributed by atoms with van der Waals surface area (Å²) in [6.45, 7) is 0. The van der Waals surface area contributed by atoms with Crippen molar-refractivity contribution in [3.63, 3.8) is 0 Å². The first-order chi connectivity index (χ1) is 7.20. The number of ketones is 2. The minimum absolute atomic E-state index is 0.0648. The lowest BCUT2D eigenvalue weighted by Crippen LogP contribution is -2.44. The summed E-state index contributed by atoms with van der Waals surface area (Å²) in [4.78, 5) is 23.8. The topological polar surface area (TPSA) is 34.1 Å². The van der Waals surface area contributed by atoms with Crippen LogP contribution < -0.4 is 0 Å². The highest BCUT2D eigenvalue weighted by atomic mass is 16.2. The normalized spacial score (nSPS) is 42.9. The number of hydrogen-bond donors (Lipinski definition) is 0. The molecule has 3 aliphatic carbocycles. The van der Waals surface area contributed by atoms with Crippen LogP contribution in [0, 0.1) is 10.8 Å². The van der Waals surface area contributed by atoms with Gasteiger partial charge in [-0.15, -0.1) is 0 Å². The van der Waals surface area contributed by atoms with E-state index in [0.717, 1.165) is 25.7 Å². The van der Waals surface area contributed by atoms with E-state index in [-0.39, 0.29) is 22.4 Å². The van der Waals surface area contributed by atoms with Gasteiger partial charge in [0, 0.05) is 6.42 Å². The van der Waals surface area contributed by atoms with Crippen molar-refractivity contribution >= 4 is 11.6 Å². The molecule has 0 bridgehead atoms. The van der Waals surface area contributed by atoms with Gasteiger partial charge in [-0.05, 0) is 31.1 Å². The Kier molecular flexibility index (Phi) is 1.63. The van der Waals surface area contributed by atoms with Crippen molar-refractivity contribution in [1.82, 2.24) is 0 Å². The van der Waals surface area contributed by atoms with Crippen LogP contribution in [-0.2, 0) is 9.59 Å². The van der Waals surface area contributed by atoms with Gasteiger partial charge in [0.05, 0.1) is 5.41 Å². The quantitative estimate of drug-likeness (QED) is 0.446. The first-order valence-corrected chi connectivity index (χ1v) is 5.58. The smallest absolute Gasteiger partial charge is 0.205 e. The zero-order valence-electron chi connectivity index (χ0n) is 8.66. The molecule has 3 rings (SSSR count). The van der Waals surface area contributed by atoms with E-state index in [9.17, 15) is 9.59 Å². The minimum atomic E-state index is -0.367. The van der Waals surface area contributed by atoms with Crippen LogP contribution in [0.2, 0.25) is 0 Å². The summed E-state index contributed by atoms with van der Waals surface area (Å²) in [5.41, 5.74) is -0.432. The molecule has 15 heavy (non-hydrogen) atoms. The number of carbonyl (C=O) groups excluding carboxylic acids is 2. The van der Waals surface area contributed by atoms with Gasteiger partial charge in [0.2, 0.25) is 5.78 Å². The Balaban J connectivity index is 2.19. The number of carbonyl (C=O) groups is 2. The monoisotopic (exact) mass is 202 g/mol. The van der Waals surface area contributed by atoms with Gasteiger partial charge in [0.25, 0.3) is 0 Å². The molecule has 0 saturated heterocycles. The Morgan fingerprint density at radius 2 is 1.40 bits per heavy atom. The third-order valence-corrected chi connectivity index (χ3v) is 4.49. The van der Waals surface area contributed by atoms with Crippen molar-refractivity contribution in [2.45, 2.75) is 32.1 Å². The van der Waals surface area contributed by atoms with E-state index in [4.69, 9.17) is 0 Å². The maximum atomic E-state index is 12.1. The Morgan fingerprint density at radius 1 is 0.867 bits per heavy atom. The van der Waals surface area contributed by atoms with Gasteiger partial charge < -0.3 is 0 Å². The highest BCUT2D eigenvalue weighted by Crippen LogP contribution is 2.61. The molecule has 0 unspecified atom stereocenters. The van der Waals surface area contributed by atoms with Crippen molar-refractivity contribution in [2.24, 2.45) is 10.8 Å². The molecule has 78 valence electrons. The molecule has 3 aliphatic rings. The summed E-state index contributed by atoms with van der Waals surface area (Å²) in [6.07, 6.45) is 12.2. The van der Waals surface area contributed by atoms with Crippen molar-refractivity contribution < 1.29 is 9.59 Å². The molecule has 1 fully saturated rings. The molecule has 2 nitrogen and oxygen atoms in total.